The number of alkyl carbamates (subject to hydrolysis) is 1. The van der Waals surface area contributed by atoms with E-state index in [1.54, 1.807) is 26.8 Å². The van der Waals surface area contributed by atoms with Gasteiger partial charge in [-0.05, 0) is 44.9 Å². The summed E-state index contributed by atoms with van der Waals surface area (Å²) in [5.41, 5.74) is 0.191. The Bertz CT molecular complexity index is 559. The zero-order valence-corrected chi connectivity index (χ0v) is 15.1. The molecule has 23 heavy (non-hydrogen) atoms. The molecule has 0 fully saturated rings. The first-order valence-corrected chi connectivity index (χ1v) is 8.14. The van der Waals surface area contributed by atoms with Crippen LogP contribution in [0.2, 0.25) is 0 Å². The average molecular weight is 389 g/mol. The van der Waals surface area contributed by atoms with Gasteiger partial charge < -0.3 is 15.4 Å². The van der Waals surface area contributed by atoms with Gasteiger partial charge in [0, 0.05) is 17.6 Å². The van der Waals surface area contributed by atoms with Gasteiger partial charge in [0.05, 0.1) is 6.42 Å². The summed E-state index contributed by atoms with van der Waals surface area (Å²) in [7, 11) is 0. The van der Waals surface area contributed by atoms with Crippen LogP contribution in [0.25, 0.3) is 0 Å². The van der Waals surface area contributed by atoms with Gasteiger partial charge in [-0.15, -0.1) is 0 Å². The van der Waals surface area contributed by atoms with E-state index in [9.17, 15) is 14.0 Å². The van der Waals surface area contributed by atoms with Crippen molar-refractivity contribution in [2.45, 2.75) is 39.2 Å². The van der Waals surface area contributed by atoms with Crippen LogP contribution in [-0.4, -0.2) is 30.7 Å². The number of halogens is 2. The maximum atomic E-state index is 13.0. The van der Waals surface area contributed by atoms with Crippen LogP contribution in [0.3, 0.4) is 0 Å². The Balaban J connectivity index is 2.21. The summed E-state index contributed by atoms with van der Waals surface area (Å²) in [5, 5.41) is 5.37. The molecule has 0 aliphatic carbocycles. The van der Waals surface area contributed by atoms with Crippen LogP contribution in [0.5, 0.6) is 0 Å². The molecule has 0 spiro atoms. The number of hydrogen-bond acceptors (Lipinski definition) is 3. The fraction of sp³-hybridized carbons (Fsp3) is 0.500. The molecule has 2 amide bonds. The summed E-state index contributed by atoms with van der Waals surface area (Å²) in [6, 6.07) is 4.22. The number of amides is 2. The third-order valence-electron chi connectivity index (χ3n) is 2.71. The number of rotatable bonds is 6. The van der Waals surface area contributed by atoms with E-state index in [4.69, 9.17) is 4.74 Å². The molecule has 0 unspecified atom stereocenters. The molecule has 0 saturated carbocycles. The van der Waals surface area contributed by atoms with Crippen molar-refractivity contribution in [2.24, 2.45) is 0 Å². The van der Waals surface area contributed by atoms with Gasteiger partial charge in [-0.25, -0.2) is 9.18 Å². The van der Waals surface area contributed by atoms with Gasteiger partial charge in [0.15, 0.2) is 0 Å². The minimum absolute atomic E-state index is 0.158. The lowest BCUT2D eigenvalue weighted by atomic mass is 10.1. The predicted molar refractivity (Wildman–Crippen MR) is 89.7 cm³/mol. The maximum absolute atomic E-state index is 13.0. The van der Waals surface area contributed by atoms with Gasteiger partial charge in [-0.3, -0.25) is 4.79 Å². The molecule has 0 aromatic heterocycles. The topological polar surface area (TPSA) is 67.4 Å². The van der Waals surface area contributed by atoms with Crippen molar-refractivity contribution in [2.75, 3.05) is 13.1 Å². The second-order valence-corrected chi connectivity index (χ2v) is 6.90. The summed E-state index contributed by atoms with van der Waals surface area (Å²) < 4.78 is 18.6. The monoisotopic (exact) mass is 388 g/mol. The van der Waals surface area contributed by atoms with E-state index in [-0.39, 0.29) is 18.1 Å². The Morgan fingerprint density at radius 2 is 1.87 bits per heavy atom. The smallest absolute Gasteiger partial charge is 0.407 e. The van der Waals surface area contributed by atoms with Crippen molar-refractivity contribution in [3.8, 4) is 0 Å². The van der Waals surface area contributed by atoms with Gasteiger partial charge in [-0.1, -0.05) is 22.0 Å². The lowest BCUT2D eigenvalue weighted by Gasteiger charge is -2.19. The molecule has 0 heterocycles. The predicted octanol–water partition coefficient (Wildman–Crippen LogP) is 3.16. The highest BCUT2D eigenvalue weighted by molar-refractivity contribution is 9.10. The van der Waals surface area contributed by atoms with Gasteiger partial charge in [0.25, 0.3) is 0 Å². The van der Waals surface area contributed by atoms with E-state index >= 15 is 0 Å². The first kappa shape index (κ1) is 19.4. The molecule has 128 valence electrons. The molecule has 0 atom stereocenters. The van der Waals surface area contributed by atoms with Crippen molar-refractivity contribution in [3.05, 3.63) is 34.1 Å². The average Bonchev–Trinajstić information content (AvgIpc) is 2.39. The fourth-order valence-electron chi connectivity index (χ4n) is 1.72. The number of benzene rings is 1. The van der Waals surface area contributed by atoms with Crippen LogP contribution in [0, 0.1) is 5.82 Å². The Kier molecular flexibility index (Phi) is 7.48. The number of nitrogens with one attached hydrogen (secondary N) is 2. The normalized spacial score (nSPS) is 11.0. The molecular formula is C16H22BrFN2O3. The molecule has 0 saturated heterocycles. The Hall–Kier alpha value is -1.63. The van der Waals surface area contributed by atoms with Gasteiger partial charge in [0.1, 0.15) is 11.4 Å². The second-order valence-electron chi connectivity index (χ2n) is 6.04. The first-order valence-electron chi connectivity index (χ1n) is 7.35. The molecule has 7 heteroatoms. The Morgan fingerprint density at radius 3 is 2.48 bits per heavy atom. The van der Waals surface area contributed by atoms with Crippen LogP contribution >= 0.6 is 15.9 Å². The van der Waals surface area contributed by atoms with Crippen LogP contribution in [-0.2, 0) is 16.0 Å². The molecule has 0 radical (unpaired) electrons. The molecule has 0 bridgehead atoms. The maximum Gasteiger partial charge on any atom is 0.407 e. The molecule has 1 rings (SSSR count). The highest BCUT2D eigenvalue weighted by Crippen LogP contribution is 2.18. The number of ether oxygens (including phenoxy) is 1. The summed E-state index contributed by atoms with van der Waals surface area (Å²) in [5.74, 6) is -0.510. The van der Waals surface area contributed by atoms with Gasteiger partial charge >= 0.3 is 6.09 Å². The van der Waals surface area contributed by atoms with Crippen molar-refractivity contribution >= 4 is 27.9 Å². The molecule has 0 aliphatic rings. The molecular weight excluding hydrogens is 367 g/mol. The zero-order chi connectivity index (χ0) is 17.5. The molecule has 1 aromatic carbocycles. The van der Waals surface area contributed by atoms with Gasteiger partial charge in [0.2, 0.25) is 5.91 Å². The third-order valence-corrected chi connectivity index (χ3v) is 3.45. The van der Waals surface area contributed by atoms with Crippen LogP contribution in [0.1, 0.15) is 32.8 Å². The molecule has 0 aliphatic heterocycles. The standard InChI is InChI=1S/C16H22BrFN2O3/c1-16(2,3)23-15(22)20-8-4-7-19-14(21)9-11-5-6-12(18)10-13(11)17/h5-6,10H,4,7-9H2,1-3H3,(H,19,21)(H,20,22). The molecule has 1 aromatic rings. The van der Waals surface area contributed by atoms with E-state index < -0.39 is 11.7 Å². The summed E-state index contributed by atoms with van der Waals surface area (Å²) >= 11 is 3.23. The lowest BCUT2D eigenvalue weighted by molar-refractivity contribution is -0.120. The van der Waals surface area contributed by atoms with E-state index in [2.05, 4.69) is 26.6 Å². The van der Waals surface area contributed by atoms with Crippen molar-refractivity contribution in [1.29, 1.82) is 0 Å². The van der Waals surface area contributed by atoms with Crippen molar-refractivity contribution in [1.82, 2.24) is 10.6 Å². The van der Waals surface area contributed by atoms with Crippen molar-refractivity contribution in [3.63, 3.8) is 0 Å². The first-order chi connectivity index (χ1) is 10.7. The second kappa shape index (κ2) is 8.86. The quantitative estimate of drug-likeness (QED) is 0.735. The van der Waals surface area contributed by atoms with E-state index in [1.165, 1.54) is 12.1 Å². The molecule has 2 N–H and O–H groups in total. The number of carbonyl (C=O) groups is 2. The summed E-state index contributed by atoms with van der Waals surface area (Å²) in [6.45, 7) is 6.23. The van der Waals surface area contributed by atoms with E-state index in [0.29, 0.717) is 24.0 Å². The Morgan fingerprint density at radius 1 is 1.22 bits per heavy atom. The summed E-state index contributed by atoms with van der Waals surface area (Å²) in [6.07, 6.45) is 0.287. The largest absolute Gasteiger partial charge is 0.444 e. The summed E-state index contributed by atoms with van der Waals surface area (Å²) in [4.78, 5) is 23.2. The zero-order valence-electron chi connectivity index (χ0n) is 13.5. The van der Waals surface area contributed by atoms with Gasteiger partial charge in [-0.2, -0.15) is 0 Å². The fourth-order valence-corrected chi connectivity index (χ4v) is 2.21. The highest BCUT2D eigenvalue weighted by Gasteiger charge is 2.15. The van der Waals surface area contributed by atoms with Crippen LogP contribution in [0.4, 0.5) is 9.18 Å². The highest BCUT2D eigenvalue weighted by atomic mass is 79.9. The SMILES string of the molecule is CC(C)(C)OC(=O)NCCCNC(=O)Cc1ccc(F)cc1Br. The minimum Gasteiger partial charge on any atom is -0.444 e. The van der Waals surface area contributed by atoms with Crippen LogP contribution in [0.15, 0.2) is 22.7 Å². The lowest BCUT2D eigenvalue weighted by Crippen LogP contribution is -2.34. The minimum atomic E-state index is -0.527. The Labute approximate surface area is 144 Å². The number of hydrogen-bond donors (Lipinski definition) is 2. The van der Waals surface area contributed by atoms with Crippen molar-refractivity contribution < 1.29 is 18.7 Å². The van der Waals surface area contributed by atoms with E-state index in [0.717, 1.165) is 5.56 Å². The van der Waals surface area contributed by atoms with E-state index in [1.807, 2.05) is 0 Å². The third kappa shape index (κ3) is 8.54. The number of carbonyl (C=O) groups excluding carboxylic acids is 2. The molecule has 5 nitrogen and oxygen atoms in total. The van der Waals surface area contributed by atoms with Crippen LogP contribution < -0.4 is 10.6 Å².